The molecular weight excluding hydrogens is 192 g/mol. The standard InChI is InChI=1S/2C7H14.C2H6/c2*1-6-4-3-5-7(6)2;1-2/h2*6-7H,3-5H2,1-2H3;1-2H3/t2*6-,7-;/m00./s1. The summed E-state index contributed by atoms with van der Waals surface area (Å²) in [5.41, 5.74) is 0. The maximum Gasteiger partial charge on any atom is -0.0417 e. The average Bonchev–Trinajstić information content (AvgIpc) is 2.83. The molecule has 2 aliphatic carbocycles. The number of hydrogen-bond acceptors (Lipinski definition) is 0. The van der Waals surface area contributed by atoms with Crippen LogP contribution < -0.4 is 0 Å². The zero-order valence-electron chi connectivity index (χ0n) is 12.6. The lowest BCUT2D eigenvalue weighted by Crippen LogP contribution is -1.95. The van der Waals surface area contributed by atoms with Crippen molar-refractivity contribution in [2.24, 2.45) is 23.7 Å². The molecule has 0 aromatic rings. The first kappa shape index (κ1) is 16.0. The predicted molar refractivity (Wildman–Crippen MR) is 75.7 cm³/mol. The van der Waals surface area contributed by atoms with Crippen LogP contribution in [-0.2, 0) is 0 Å². The minimum Gasteiger partial charge on any atom is -0.0683 e. The van der Waals surface area contributed by atoms with Gasteiger partial charge in [-0.2, -0.15) is 0 Å². The molecule has 2 aliphatic rings. The zero-order valence-corrected chi connectivity index (χ0v) is 12.6. The molecule has 0 radical (unpaired) electrons. The predicted octanol–water partition coefficient (Wildman–Crippen LogP) is 5.91. The molecule has 16 heavy (non-hydrogen) atoms. The van der Waals surface area contributed by atoms with Crippen molar-refractivity contribution in [3.05, 3.63) is 0 Å². The minimum absolute atomic E-state index is 1.01. The van der Waals surface area contributed by atoms with Crippen LogP contribution in [-0.4, -0.2) is 0 Å². The Morgan fingerprint density at radius 2 is 0.688 bits per heavy atom. The van der Waals surface area contributed by atoms with Gasteiger partial charge in [-0.3, -0.25) is 0 Å². The fourth-order valence-corrected chi connectivity index (χ4v) is 2.66. The summed E-state index contributed by atoms with van der Waals surface area (Å²) >= 11 is 0. The van der Waals surface area contributed by atoms with Crippen LogP contribution in [0.3, 0.4) is 0 Å². The van der Waals surface area contributed by atoms with Crippen molar-refractivity contribution in [2.45, 2.75) is 80.1 Å². The second-order valence-electron chi connectivity index (χ2n) is 5.77. The summed E-state index contributed by atoms with van der Waals surface area (Å²) in [5, 5.41) is 0. The highest BCUT2D eigenvalue weighted by Gasteiger charge is 2.18. The maximum absolute atomic E-state index is 2.36. The second kappa shape index (κ2) is 9.07. The normalized spacial score (nSPS) is 37.1. The lowest BCUT2D eigenvalue weighted by atomic mass is 10.0. The minimum atomic E-state index is 1.01. The Hall–Kier alpha value is 0. The largest absolute Gasteiger partial charge is 0.0683 e. The van der Waals surface area contributed by atoms with Gasteiger partial charge in [-0.05, 0) is 23.7 Å². The second-order valence-corrected chi connectivity index (χ2v) is 5.77. The molecule has 0 unspecified atom stereocenters. The maximum atomic E-state index is 2.36. The van der Waals surface area contributed by atoms with Crippen molar-refractivity contribution >= 4 is 0 Å². The van der Waals surface area contributed by atoms with Crippen LogP contribution in [0.25, 0.3) is 0 Å². The molecular formula is C16H34. The Labute approximate surface area is 104 Å². The molecule has 0 nitrogen and oxygen atoms in total. The summed E-state index contributed by atoms with van der Waals surface area (Å²) in [6.07, 6.45) is 8.84. The van der Waals surface area contributed by atoms with Crippen molar-refractivity contribution in [1.82, 2.24) is 0 Å². The topological polar surface area (TPSA) is 0 Å². The molecule has 2 rings (SSSR count). The molecule has 98 valence electrons. The van der Waals surface area contributed by atoms with Gasteiger partial charge < -0.3 is 0 Å². The fraction of sp³-hybridized carbons (Fsp3) is 1.00. The Balaban J connectivity index is 0.000000244. The zero-order chi connectivity index (χ0) is 12.6. The molecule has 4 atom stereocenters. The van der Waals surface area contributed by atoms with E-state index >= 15 is 0 Å². The van der Waals surface area contributed by atoms with E-state index in [1.54, 1.807) is 0 Å². The van der Waals surface area contributed by atoms with Crippen LogP contribution in [0.15, 0.2) is 0 Å². The van der Waals surface area contributed by atoms with Crippen LogP contribution in [0.1, 0.15) is 80.1 Å². The van der Waals surface area contributed by atoms with Crippen molar-refractivity contribution in [1.29, 1.82) is 0 Å². The third kappa shape index (κ3) is 5.92. The van der Waals surface area contributed by atoms with E-state index in [2.05, 4.69) is 27.7 Å². The highest BCUT2D eigenvalue weighted by atomic mass is 14.2. The molecule has 0 aromatic heterocycles. The van der Waals surface area contributed by atoms with Gasteiger partial charge in [0.1, 0.15) is 0 Å². The van der Waals surface area contributed by atoms with Gasteiger partial charge in [0.05, 0.1) is 0 Å². The molecule has 0 bridgehead atoms. The lowest BCUT2D eigenvalue weighted by Gasteiger charge is -2.05. The van der Waals surface area contributed by atoms with Crippen LogP contribution >= 0.6 is 0 Å². The highest BCUT2D eigenvalue weighted by molar-refractivity contribution is 4.69. The van der Waals surface area contributed by atoms with E-state index in [1.807, 2.05) is 13.8 Å². The Bertz CT molecular complexity index is 116. The Kier molecular flexibility index (Phi) is 9.07. The van der Waals surface area contributed by atoms with E-state index in [0.29, 0.717) is 0 Å². The first-order valence-electron chi connectivity index (χ1n) is 7.61. The molecule has 0 amide bonds. The molecule has 0 N–H and O–H groups in total. The van der Waals surface area contributed by atoms with Crippen molar-refractivity contribution in [3.8, 4) is 0 Å². The summed E-state index contributed by atoms with van der Waals surface area (Å²) < 4.78 is 0. The van der Waals surface area contributed by atoms with Gasteiger partial charge in [-0.25, -0.2) is 0 Å². The summed E-state index contributed by atoms with van der Waals surface area (Å²) in [7, 11) is 0. The van der Waals surface area contributed by atoms with Crippen LogP contribution in [0.5, 0.6) is 0 Å². The number of hydrogen-bond donors (Lipinski definition) is 0. The van der Waals surface area contributed by atoms with Gasteiger partial charge in [0.15, 0.2) is 0 Å². The third-order valence-electron chi connectivity index (χ3n) is 4.58. The van der Waals surface area contributed by atoms with Gasteiger partial charge >= 0.3 is 0 Å². The Morgan fingerprint density at radius 1 is 0.500 bits per heavy atom. The van der Waals surface area contributed by atoms with E-state index in [0.717, 1.165) is 23.7 Å². The smallest absolute Gasteiger partial charge is 0.0417 e. The van der Waals surface area contributed by atoms with E-state index in [-0.39, 0.29) is 0 Å². The van der Waals surface area contributed by atoms with Crippen LogP contribution in [0, 0.1) is 23.7 Å². The lowest BCUT2D eigenvalue weighted by molar-refractivity contribution is 0.457. The molecule has 0 heteroatoms. The first-order valence-corrected chi connectivity index (χ1v) is 7.61. The van der Waals surface area contributed by atoms with Crippen LogP contribution in [0.2, 0.25) is 0 Å². The summed E-state index contributed by atoms with van der Waals surface area (Å²) in [4.78, 5) is 0. The quantitative estimate of drug-likeness (QED) is 0.481. The summed E-state index contributed by atoms with van der Waals surface area (Å²) in [6.45, 7) is 13.4. The van der Waals surface area contributed by atoms with Crippen molar-refractivity contribution in [2.75, 3.05) is 0 Å². The fourth-order valence-electron chi connectivity index (χ4n) is 2.66. The van der Waals surface area contributed by atoms with E-state index < -0.39 is 0 Å². The molecule has 0 aromatic carbocycles. The molecule has 0 heterocycles. The van der Waals surface area contributed by atoms with Gasteiger partial charge in [-0.1, -0.05) is 80.1 Å². The highest BCUT2D eigenvalue weighted by Crippen LogP contribution is 2.30. The monoisotopic (exact) mass is 226 g/mol. The van der Waals surface area contributed by atoms with Crippen molar-refractivity contribution in [3.63, 3.8) is 0 Å². The third-order valence-corrected chi connectivity index (χ3v) is 4.58. The van der Waals surface area contributed by atoms with Gasteiger partial charge in [0.25, 0.3) is 0 Å². The molecule has 2 fully saturated rings. The van der Waals surface area contributed by atoms with E-state index in [9.17, 15) is 0 Å². The molecule has 0 saturated heterocycles. The molecule has 2 saturated carbocycles. The van der Waals surface area contributed by atoms with Crippen molar-refractivity contribution < 1.29 is 0 Å². The first-order chi connectivity index (χ1) is 7.61. The number of rotatable bonds is 0. The SMILES string of the molecule is CC.C[C@H]1CCC[C@@H]1C.C[C@H]1CCC[C@@H]1C. The van der Waals surface area contributed by atoms with Crippen LogP contribution in [0.4, 0.5) is 0 Å². The summed E-state index contributed by atoms with van der Waals surface area (Å²) in [5.74, 6) is 4.06. The molecule has 0 spiro atoms. The summed E-state index contributed by atoms with van der Waals surface area (Å²) in [6, 6.07) is 0. The van der Waals surface area contributed by atoms with Gasteiger partial charge in [0.2, 0.25) is 0 Å². The van der Waals surface area contributed by atoms with E-state index in [1.165, 1.54) is 38.5 Å². The Morgan fingerprint density at radius 3 is 0.750 bits per heavy atom. The average molecular weight is 226 g/mol. The van der Waals surface area contributed by atoms with Gasteiger partial charge in [0, 0.05) is 0 Å². The van der Waals surface area contributed by atoms with E-state index in [4.69, 9.17) is 0 Å². The van der Waals surface area contributed by atoms with Gasteiger partial charge in [-0.15, -0.1) is 0 Å². The molecule has 0 aliphatic heterocycles.